The van der Waals surface area contributed by atoms with Crippen LogP contribution in [-0.4, -0.2) is 18.4 Å². The quantitative estimate of drug-likeness (QED) is 0.525. The molecule has 0 N–H and O–H groups in total. The number of hydrogen-bond donors (Lipinski definition) is 0. The van der Waals surface area contributed by atoms with Crippen LogP contribution in [0.5, 0.6) is 0 Å². The van der Waals surface area contributed by atoms with Gasteiger partial charge in [0.25, 0.3) is 0 Å². The van der Waals surface area contributed by atoms with Crippen LogP contribution in [0.3, 0.4) is 0 Å². The molecule has 2 atom stereocenters. The van der Waals surface area contributed by atoms with E-state index in [1.807, 2.05) is 67.6 Å². The fourth-order valence-electron chi connectivity index (χ4n) is 3.00. The van der Waals surface area contributed by atoms with Gasteiger partial charge in [0.1, 0.15) is 0 Å². The van der Waals surface area contributed by atoms with Crippen molar-refractivity contribution in [3.8, 4) is 0 Å². The lowest BCUT2D eigenvalue weighted by Gasteiger charge is -2.24. The normalized spacial score (nSPS) is 13.1. The summed E-state index contributed by atoms with van der Waals surface area (Å²) in [6.07, 6.45) is 0.936. The van der Waals surface area contributed by atoms with Gasteiger partial charge in [0, 0.05) is 17.9 Å². The molecule has 0 saturated heterocycles. The lowest BCUT2D eigenvalue weighted by atomic mass is 9.80. The lowest BCUT2D eigenvalue weighted by molar-refractivity contribution is -0.149. The first-order valence-corrected chi connectivity index (χ1v) is 8.47. The smallest absolute Gasteiger partial charge is 0.309 e. The molecule has 24 heavy (non-hydrogen) atoms. The number of carbonyl (C=O) groups excluding carboxylic acids is 2. The van der Waals surface area contributed by atoms with E-state index in [1.165, 1.54) is 0 Å². The van der Waals surface area contributed by atoms with E-state index in [0.29, 0.717) is 25.0 Å². The van der Waals surface area contributed by atoms with Crippen LogP contribution in [0.4, 0.5) is 0 Å². The number of rotatable bonds is 8. The molecule has 0 saturated carbocycles. The highest BCUT2D eigenvalue weighted by molar-refractivity contribution is 5.96. The highest BCUT2D eigenvalue weighted by Gasteiger charge is 2.31. The molecule has 0 aliphatic carbocycles. The molecular formula is C21H24O3. The highest BCUT2D eigenvalue weighted by atomic mass is 16.5. The molecule has 2 aromatic rings. The number of ketones is 1. The Labute approximate surface area is 143 Å². The number of carbonyl (C=O) groups is 2. The summed E-state index contributed by atoms with van der Waals surface area (Å²) < 4.78 is 5.23. The molecule has 3 nitrogen and oxygen atoms in total. The fraction of sp³-hybridized carbons (Fsp3) is 0.333. The van der Waals surface area contributed by atoms with E-state index in [9.17, 15) is 9.59 Å². The summed E-state index contributed by atoms with van der Waals surface area (Å²) in [7, 11) is 0. The van der Waals surface area contributed by atoms with Gasteiger partial charge in [-0.3, -0.25) is 9.59 Å². The van der Waals surface area contributed by atoms with Gasteiger partial charge >= 0.3 is 5.97 Å². The predicted molar refractivity (Wildman–Crippen MR) is 95.0 cm³/mol. The molecule has 0 amide bonds. The minimum atomic E-state index is -0.319. The zero-order chi connectivity index (χ0) is 17.4. The Morgan fingerprint density at radius 3 is 2.04 bits per heavy atom. The van der Waals surface area contributed by atoms with Gasteiger partial charge in [0.15, 0.2) is 5.78 Å². The Balaban J connectivity index is 2.29. The maximum Gasteiger partial charge on any atom is 0.309 e. The van der Waals surface area contributed by atoms with Crippen LogP contribution < -0.4 is 0 Å². The van der Waals surface area contributed by atoms with Crippen LogP contribution in [0.15, 0.2) is 60.7 Å². The van der Waals surface area contributed by atoms with Crippen LogP contribution in [0.2, 0.25) is 0 Å². The van der Waals surface area contributed by atoms with Gasteiger partial charge in [0.2, 0.25) is 0 Å². The van der Waals surface area contributed by atoms with E-state index in [-0.39, 0.29) is 23.6 Å². The fourth-order valence-corrected chi connectivity index (χ4v) is 3.00. The van der Waals surface area contributed by atoms with Crippen LogP contribution in [0.25, 0.3) is 0 Å². The highest BCUT2D eigenvalue weighted by Crippen LogP contribution is 2.32. The van der Waals surface area contributed by atoms with E-state index in [4.69, 9.17) is 4.74 Å². The monoisotopic (exact) mass is 324 g/mol. The van der Waals surface area contributed by atoms with Crippen molar-refractivity contribution in [2.75, 3.05) is 6.61 Å². The van der Waals surface area contributed by atoms with Crippen molar-refractivity contribution in [2.24, 2.45) is 5.92 Å². The third-order valence-electron chi connectivity index (χ3n) is 4.24. The van der Waals surface area contributed by atoms with Gasteiger partial charge < -0.3 is 4.74 Å². The Hall–Kier alpha value is -2.42. The minimum Gasteiger partial charge on any atom is -0.466 e. The number of ether oxygens (including phenoxy) is 1. The van der Waals surface area contributed by atoms with Crippen molar-refractivity contribution in [2.45, 2.75) is 32.6 Å². The molecule has 2 rings (SSSR count). The number of hydrogen-bond acceptors (Lipinski definition) is 3. The Morgan fingerprint density at radius 2 is 1.50 bits per heavy atom. The molecule has 0 radical (unpaired) electrons. The Kier molecular flexibility index (Phi) is 6.74. The number of esters is 1. The van der Waals surface area contributed by atoms with E-state index >= 15 is 0 Å². The van der Waals surface area contributed by atoms with Crippen LogP contribution in [-0.2, 0) is 9.53 Å². The Morgan fingerprint density at radius 1 is 0.917 bits per heavy atom. The van der Waals surface area contributed by atoms with Crippen molar-refractivity contribution in [3.05, 3.63) is 71.8 Å². The number of Topliss-reactive ketones (excluding diaryl/α,β-unsaturated/α-hetero) is 1. The SMILES string of the molecule is CCOC(=O)C(CC)C(CC(=O)c1ccccc1)c1ccccc1. The lowest BCUT2D eigenvalue weighted by Crippen LogP contribution is -2.26. The molecule has 2 aromatic carbocycles. The molecular weight excluding hydrogens is 300 g/mol. The molecule has 2 unspecified atom stereocenters. The van der Waals surface area contributed by atoms with E-state index in [0.717, 1.165) is 5.56 Å². The van der Waals surface area contributed by atoms with E-state index in [1.54, 1.807) is 6.92 Å². The zero-order valence-electron chi connectivity index (χ0n) is 14.3. The van der Waals surface area contributed by atoms with Gasteiger partial charge in [-0.05, 0) is 18.9 Å². The second-order valence-electron chi connectivity index (χ2n) is 5.78. The van der Waals surface area contributed by atoms with Gasteiger partial charge in [0.05, 0.1) is 12.5 Å². The summed E-state index contributed by atoms with van der Waals surface area (Å²) in [4.78, 5) is 25.1. The molecule has 0 heterocycles. The first-order valence-electron chi connectivity index (χ1n) is 8.47. The van der Waals surface area contributed by atoms with Gasteiger partial charge in [-0.1, -0.05) is 67.6 Å². The summed E-state index contributed by atoms with van der Waals surface area (Å²) in [6, 6.07) is 19.0. The van der Waals surface area contributed by atoms with Crippen molar-refractivity contribution >= 4 is 11.8 Å². The topological polar surface area (TPSA) is 43.4 Å². The summed E-state index contributed by atoms with van der Waals surface area (Å²) in [5.74, 6) is -0.676. The molecule has 0 spiro atoms. The molecule has 0 aliphatic heterocycles. The van der Waals surface area contributed by atoms with Crippen LogP contribution >= 0.6 is 0 Å². The Bertz CT molecular complexity index is 649. The van der Waals surface area contributed by atoms with E-state index < -0.39 is 0 Å². The summed E-state index contributed by atoms with van der Waals surface area (Å²) in [5.41, 5.74) is 1.68. The van der Waals surface area contributed by atoms with Crippen LogP contribution in [0.1, 0.15) is 48.5 Å². The van der Waals surface area contributed by atoms with E-state index in [2.05, 4.69) is 0 Å². The first kappa shape index (κ1) is 17.9. The standard InChI is InChI=1S/C21H24O3/c1-3-18(21(23)24-4-2)19(16-11-7-5-8-12-16)15-20(22)17-13-9-6-10-14-17/h5-14,18-19H,3-4,15H2,1-2H3. The third kappa shape index (κ3) is 4.54. The summed E-state index contributed by atoms with van der Waals surface area (Å²) in [6.45, 7) is 4.12. The van der Waals surface area contributed by atoms with Crippen LogP contribution in [0, 0.1) is 5.92 Å². The molecule has 0 fully saturated rings. The number of benzene rings is 2. The average molecular weight is 324 g/mol. The summed E-state index contributed by atoms with van der Waals surface area (Å²) in [5, 5.41) is 0. The maximum atomic E-state index is 12.7. The molecule has 0 aromatic heterocycles. The molecule has 0 bridgehead atoms. The van der Waals surface area contributed by atoms with Crippen molar-refractivity contribution in [1.29, 1.82) is 0 Å². The zero-order valence-corrected chi connectivity index (χ0v) is 14.3. The molecule has 3 heteroatoms. The average Bonchev–Trinajstić information content (AvgIpc) is 2.63. The van der Waals surface area contributed by atoms with Gasteiger partial charge in [-0.2, -0.15) is 0 Å². The van der Waals surface area contributed by atoms with Crippen molar-refractivity contribution < 1.29 is 14.3 Å². The largest absolute Gasteiger partial charge is 0.466 e. The third-order valence-corrected chi connectivity index (χ3v) is 4.24. The van der Waals surface area contributed by atoms with Crippen molar-refractivity contribution in [3.63, 3.8) is 0 Å². The minimum absolute atomic E-state index is 0.0483. The maximum absolute atomic E-state index is 12.7. The predicted octanol–water partition coefficient (Wildman–Crippen LogP) is 4.63. The van der Waals surface area contributed by atoms with Crippen molar-refractivity contribution in [1.82, 2.24) is 0 Å². The molecule has 126 valence electrons. The summed E-state index contributed by atoms with van der Waals surface area (Å²) >= 11 is 0. The van der Waals surface area contributed by atoms with Gasteiger partial charge in [-0.25, -0.2) is 0 Å². The van der Waals surface area contributed by atoms with Gasteiger partial charge in [-0.15, -0.1) is 0 Å². The second-order valence-corrected chi connectivity index (χ2v) is 5.78. The first-order chi connectivity index (χ1) is 11.7. The molecule has 0 aliphatic rings. The second kappa shape index (κ2) is 9.02.